The molecule has 0 saturated heterocycles. The molecule has 3 rings (SSSR count). The highest BCUT2D eigenvalue weighted by Gasteiger charge is 2.19. The molecule has 3 nitrogen and oxygen atoms in total. The normalized spacial score (nSPS) is 12.6. The molecular weight excluding hydrogens is 322 g/mol. The van der Waals surface area contributed by atoms with Gasteiger partial charge in [0.05, 0.1) is 7.11 Å². The number of carbonyl (C=O) groups excluding carboxylic acids is 1. The Morgan fingerprint density at radius 3 is 2.35 bits per heavy atom. The van der Waals surface area contributed by atoms with Gasteiger partial charge in [0.15, 0.2) is 0 Å². The van der Waals surface area contributed by atoms with Crippen LogP contribution in [0.2, 0.25) is 0 Å². The first kappa shape index (κ1) is 20.2. The van der Waals surface area contributed by atoms with E-state index in [2.05, 4.69) is 56.6 Å². The molecule has 0 saturated carbocycles. The van der Waals surface area contributed by atoms with Gasteiger partial charge in [0.25, 0.3) is 5.91 Å². The zero-order chi connectivity index (χ0) is 18.9. The number of amides is 1. The van der Waals surface area contributed by atoms with E-state index in [4.69, 9.17) is 4.84 Å². The van der Waals surface area contributed by atoms with Crippen LogP contribution in [0.1, 0.15) is 64.4 Å². The fourth-order valence-electron chi connectivity index (χ4n) is 3.52. The lowest BCUT2D eigenvalue weighted by Crippen LogP contribution is -2.24. The van der Waals surface area contributed by atoms with Crippen LogP contribution in [0.25, 0.3) is 0 Å². The molecule has 0 radical (unpaired) electrons. The molecule has 3 heteroatoms. The van der Waals surface area contributed by atoms with Crippen LogP contribution in [-0.4, -0.2) is 13.0 Å². The van der Waals surface area contributed by atoms with E-state index in [0.717, 1.165) is 31.2 Å². The Bertz CT molecular complexity index is 720. The van der Waals surface area contributed by atoms with Crippen LogP contribution < -0.4 is 5.48 Å². The minimum atomic E-state index is -0.117. The average molecular weight is 354 g/mol. The van der Waals surface area contributed by atoms with Gasteiger partial charge in [0, 0.05) is 5.56 Å². The summed E-state index contributed by atoms with van der Waals surface area (Å²) in [4.78, 5) is 16.8. The summed E-state index contributed by atoms with van der Waals surface area (Å²) in [5, 5.41) is 0. The van der Waals surface area contributed by atoms with Gasteiger partial charge in [-0.2, -0.15) is 0 Å². The van der Waals surface area contributed by atoms with E-state index in [1.54, 1.807) is 0 Å². The fourth-order valence-corrected chi connectivity index (χ4v) is 3.52. The van der Waals surface area contributed by atoms with Crippen LogP contribution in [-0.2, 0) is 24.1 Å². The predicted octanol–water partition coefficient (Wildman–Crippen LogP) is 5.11. The Hall–Kier alpha value is -2.13. The second-order valence-electron chi connectivity index (χ2n) is 7.03. The van der Waals surface area contributed by atoms with Crippen LogP contribution in [0.15, 0.2) is 36.4 Å². The van der Waals surface area contributed by atoms with Gasteiger partial charge in [-0.1, -0.05) is 54.8 Å². The van der Waals surface area contributed by atoms with Crippen molar-refractivity contribution >= 4 is 5.91 Å². The molecule has 0 bridgehead atoms. The molecule has 0 atom stereocenters. The summed E-state index contributed by atoms with van der Waals surface area (Å²) in [5.74, 6) is -0.117. The molecule has 0 heterocycles. The lowest BCUT2D eigenvalue weighted by Gasteiger charge is -2.20. The third-order valence-electron chi connectivity index (χ3n) is 4.68. The van der Waals surface area contributed by atoms with E-state index in [1.807, 2.05) is 6.07 Å². The predicted molar refractivity (Wildman–Crippen MR) is 107 cm³/mol. The molecule has 140 valence electrons. The first-order chi connectivity index (χ1) is 12.5. The molecule has 2 aromatic rings. The Balaban J connectivity index is 0.000000254. The molecule has 0 fully saturated rings. The Morgan fingerprint density at radius 1 is 1.08 bits per heavy atom. The summed E-state index contributed by atoms with van der Waals surface area (Å²) in [6.07, 6.45) is 6.64. The van der Waals surface area contributed by atoms with Crippen molar-refractivity contribution in [2.24, 2.45) is 0 Å². The zero-order valence-corrected chi connectivity index (χ0v) is 16.5. The zero-order valence-electron chi connectivity index (χ0n) is 16.5. The van der Waals surface area contributed by atoms with Crippen molar-refractivity contribution in [2.75, 3.05) is 7.11 Å². The van der Waals surface area contributed by atoms with E-state index in [-0.39, 0.29) is 5.91 Å². The van der Waals surface area contributed by atoms with E-state index in [0.29, 0.717) is 0 Å². The molecule has 0 unspecified atom stereocenters. The lowest BCUT2D eigenvalue weighted by atomic mass is 9.86. The monoisotopic (exact) mass is 353 g/mol. The number of carbonyl (C=O) groups is 1. The second kappa shape index (κ2) is 10.1. The van der Waals surface area contributed by atoms with Crippen molar-refractivity contribution in [3.8, 4) is 0 Å². The summed E-state index contributed by atoms with van der Waals surface area (Å²) in [6, 6.07) is 12.8. The fraction of sp³-hybridized carbons (Fsp3) is 0.435. The summed E-state index contributed by atoms with van der Waals surface area (Å²) < 4.78 is 0. The maximum Gasteiger partial charge on any atom is 0.275 e. The highest BCUT2D eigenvalue weighted by Crippen LogP contribution is 2.26. The largest absolute Gasteiger partial charge is 0.277 e. The first-order valence-corrected chi connectivity index (χ1v) is 9.56. The number of hydrogen-bond acceptors (Lipinski definition) is 2. The molecular formula is C23H31NO2. The van der Waals surface area contributed by atoms with Crippen LogP contribution >= 0.6 is 0 Å². The smallest absolute Gasteiger partial charge is 0.275 e. The van der Waals surface area contributed by atoms with Crippen molar-refractivity contribution in [3.05, 3.63) is 69.8 Å². The van der Waals surface area contributed by atoms with Gasteiger partial charge in [-0.25, -0.2) is 5.48 Å². The number of rotatable bonds is 4. The Kier molecular flexibility index (Phi) is 7.86. The van der Waals surface area contributed by atoms with Crippen LogP contribution in [0.5, 0.6) is 0 Å². The highest BCUT2D eigenvalue weighted by molar-refractivity contribution is 5.95. The topological polar surface area (TPSA) is 38.3 Å². The third-order valence-corrected chi connectivity index (χ3v) is 4.68. The van der Waals surface area contributed by atoms with E-state index in [9.17, 15) is 4.79 Å². The summed E-state index contributed by atoms with van der Waals surface area (Å²) in [5.41, 5.74) is 9.76. The van der Waals surface area contributed by atoms with Crippen molar-refractivity contribution in [3.63, 3.8) is 0 Å². The van der Waals surface area contributed by atoms with E-state index in [1.165, 1.54) is 47.8 Å². The Labute approximate surface area is 157 Å². The number of fused-ring (bicyclic) bond motifs is 1. The minimum Gasteiger partial charge on any atom is -0.277 e. The van der Waals surface area contributed by atoms with Crippen LogP contribution in [0, 0.1) is 13.8 Å². The quantitative estimate of drug-likeness (QED) is 0.776. The molecule has 26 heavy (non-hydrogen) atoms. The SMILES string of the molecule is CCCc1cc2c(c(C(=O)NOC)c1)CCCC2.Cc1cccc(C)c1. The van der Waals surface area contributed by atoms with Crippen molar-refractivity contribution < 1.29 is 9.63 Å². The number of hydroxylamine groups is 1. The van der Waals surface area contributed by atoms with Gasteiger partial charge < -0.3 is 0 Å². The number of nitrogens with one attached hydrogen (secondary N) is 1. The van der Waals surface area contributed by atoms with Gasteiger partial charge in [0.1, 0.15) is 0 Å². The maximum absolute atomic E-state index is 12.0. The molecule has 0 spiro atoms. The Morgan fingerprint density at radius 2 is 1.77 bits per heavy atom. The van der Waals surface area contributed by atoms with Crippen molar-refractivity contribution in [1.82, 2.24) is 5.48 Å². The van der Waals surface area contributed by atoms with Crippen LogP contribution in [0.3, 0.4) is 0 Å². The first-order valence-electron chi connectivity index (χ1n) is 9.56. The van der Waals surface area contributed by atoms with Gasteiger partial charge in [-0.05, 0) is 68.7 Å². The summed E-state index contributed by atoms with van der Waals surface area (Å²) in [6.45, 7) is 6.37. The van der Waals surface area contributed by atoms with Crippen LogP contribution in [0.4, 0.5) is 0 Å². The summed E-state index contributed by atoms with van der Waals surface area (Å²) >= 11 is 0. The maximum atomic E-state index is 12.0. The molecule has 1 aliphatic rings. The molecule has 2 aromatic carbocycles. The average Bonchev–Trinajstić information content (AvgIpc) is 2.62. The van der Waals surface area contributed by atoms with Gasteiger partial charge in [0.2, 0.25) is 0 Å². The molecule has 0 aromatic heterocycles. The van der Waals surface area contributed by atoms with E-state index < -0.39 is 0 Å². The lowest BCUT2D eigenvalue weighted by molar-refractivity contribution is 0.0536. The van der Waals surface area contributed by atoms with Gasteiger partial charge in [-0.15, -0.1) is 0 Å². The summed E-state index contributed by atoms with van der Waals surface area (Å²) in [7, 11) is 1.47. The molecule has 1 N–H and O–H groups in total. The number of aryl methyl sites for hydroxylation is 4. The van der Waals surface area contributed by atoms with Gasteiger partial charge >= 0.3 is 0 Å². The molecule has 1 amide bonds. The van der Waals surface area contributed by atoms with Crippen molar-refractivity contribution in [2.45, 2.75) is 59.3 Å². The second-order valence-corrected chi connectivity index (χ2v) is 7.03. The highest BCUT2D eigenvalue weighted by atomic mass is 16.6. The molecule has 0 aliphatic heterocycles. The standard InChI is InChI=1S/C15H21NO2.C8H10/c1-3-6-11-9-12-7-4-5-8-13(12)14(10-11)15(17)16-18-2;1-7-4-3-5-8(2)6-7/h9-10H,3-8H2,1-2H3,(H,16,17);3-6H,1-2H3. The van der Waals surface area contributed by atoms with Crippen molar-refractivity contribution in [1.29, 1.82) is 0 Å². The number of hydrogen-bond donors (Lipinski definition) is 1. The third kappa shape index (κ3) is 5.70. The van der Waals surface area contributed by atoms with E-state index >= 15 is 0 Å². The minimum absolute atomic E-state index is 0.117. The van der Waals surface area contributed by atoms with Gasteiger partial charge in [-0.3, -0.25) is 9.63 Å². The molecule has 1 aliphatic carbocycles. The number of benzene rings is 2.